The molecule has 1 unspecified atom stereocenters. The first-order valence-electron chi connectivity index (χ1n) is 24.1. The van der Waals surface area contributed by atoms with Crippen LogP contribution in [0.3, 0.4) is 0 Å². The van der Waals surface area contributed by atoms with E-state index in [1.165, 1.54) is 89.9 Å². The maximum Gasteiger partial charge on any atom is 0.472 e. The summed E-state index contributed by atoms with van der Waals surface area (Å²) >= 11 is 0. The maximum absolute atomic E-state index is 13.3. The lowest BCUT2D eigenvalue weighted by atomic mass is 9.85. The van der Waals surface area contributed by atoms with Crippen LogP contribution in [0.5, 0.6) is 0 Å². The zero-order valence-electron chi connectivity index (χ0n) is 39.4. The summed E-state index contributed by atoms with van der Waals surface area (Å²) in [5.74, 6) is -1.39. The van der Waals surface area contributed by atoms with Crippen molar-refractivity contribution in [1.29, 1.82) is 0 Å². The van der Waals surface area contributed by atoms with E-state index in [2.05, 4.69) is 27.4 Å². The minimum atomic E-state index is -5.78. The molecule has 0 aromatic heterocycles. The van der Waals surface area contributed by atoms with Gasteiger partial charge in [0, 0.05) is 12.8 Å². The van der Waals surface area contributed by atoms with E-state index in [1.807, 2.05) is 0 Å². The average Bonchev–Trinajstić information content (AvgIpc) is 3.22. The molecule has 398 valence electrons. The smallest absolute Gasteiger partial charge is 0.462 e. The van der Waals surface area contributed by atoms with Crippen LogP contribution in [0.2, 0.25) is 0 Å². The summed E-state index contributed by atoms with van der Waals surface area (Å²) in [4.78, 5) is 92.7. The van der Waals surface area contributed by atoms with Gasteiger partial charge in [0.1, 0.15) is 43.2 Å². The minimum absolute atomic E-state index is 0.0414. The molecule has 22 nitrogen and oxygen atoms in total. The molecule has 0 heterocycles. The quantitative estimate of drug-likeness (QED) is 0.0158. The second kappa shape index (κ2) is 35.4. The van der Waals surface area contributed by atoms with Crippen molar-refractivity contribution >= 4 is 43.2 Å². The number of unbranched alkanes of at least 4 members (excludes halogenated alkanes) is 24. The van der Waals surface area contributed by atoms with Crippen molar-refractivity contribution in [3.63, 3.8) is 0 Å². The van der Waals surface area contributed by atoms with Gasteiger partial charge in [-0.15, -0.1) is 0 Å². The van der Waals surface area contributed by atoms with Crippen molar-refractivity contribution in [2.24, 2.45) is 0 Å². The standard InChI is InChI=1S/C41H82O22P4/c1-3-5-7-9-11-13-15-17-19-21-23-25-27-29-34(42)57-31-33(59-35(43)30-28-26-24-22-20-18-16-14-12-10-8-6-4-2)32-58-67(55,56)63-38-36(44)39(60-64(46,47)48)41(62-66(52,53)54)40(37(38)45)61-65(49,50)51/h33,36-41,44-45H,3-32H2,1-2H3,(H,55,56)(H2,46,47,48)(H2,49,50,51)(H2,52,53,54)/t33-,36+,37+,38-,39+,40-,41-/m1/s1. The molecule has 1 aliphatic rings. The second-order valence-electron chi connectivity index (χ2n) is 17.3. The molecule has 1 rings (SSSR count). The third-order valence-electron chi connectivity index (χ3n) is 11.1. The highest BCUT2D eigenvalue weighted by Crippen LogP contribution is 2.53. The van der Waals surface area contributed by atoms with Gasteiger partial charge in [-0.3, -0.25) is 32.2 Å². The van der Waals surface area contributed by atoms with Crippen LogP contribution >= 0.6 is 31.3 Å². The van der Waals surface area contributed by atoms with Gasteiger partial charge in [-0.25, -0.2) is 18.3 Å². The van der Waals surface area contributed by atoms with Crippen LogP contribution in [0.25, 0.3) is 0 Å². The Labute approximate surface area is 396 Å². The van der Waals surface area contributed by atoms with E-state index >= 15 is 0 Å². The first-order valence-corrected chi connectivity index (χ1v) is 30.2. The second-order valence-corrected chi connectivity index (χ2v) is 22.3. The van der Waals surface area contributed by atoms with Gasteiger partial charge in [-0.05, 0) is 12.8 Å². The molecule has 1 fully saturated rings. The Kier molecular flexibility index (Phi) is 34.0. The summed E-state index contributed by atoms with van der Waals surface area (Å²) in [5.41, 5.74) is 0. The lowest BCUT2D eigenvalue weighted by Gasteiger charge is -2.45. The maximum atomic E-state index is 13.3. The van der Waals surface area contributed by atoms with Crippen LogP contribution in [0.4, 0.5) is 0 Å². The van der Waals surface area contributed by atoms with Crippen LogP contribution < -0.4 is 0 Å². The van der Waals surface area contributed by atoms with Crippen molar-refractivity contribution in [3.05, 3.63) is 0 Å². The molecule has 0 aromatic rings. The number of phosphoric ester groups is 4. The SMILES string of the molecule is CCCCCCCCCCCCCCCC(=O)OC[C@H](COP(=O)(O)O[C@H]1[C@H](O)[C@@H](OP(=O)(O)O)[C@H](OP(=O)(O)O)[C@@H](OP(=O)(O)O)[C@H]1O)OC(=O)CCCCCCCCCCCCCCC. The lowest BCUT2D eigenvalue weighted by Crippen LogP contribution is -2.65. The molecule has 1 aliphatic carbocycles. The highest BCUT2D eigenvalue weighted by atomic mass is 31.2. The van der Waals surface area contributed by atoms with E-state index in [4.69, 9.17) is 18.5 Å². The summed E-state index contributed by atoms with van der Waals surface area (Å²) in [6, 6.07) is 0. The van der Waals surface area contributed by atoms with Gasteiger partial charge in [-0.2, -0.15) is 0 Å². The summed E-state index contributed by atoms with van der Waals surface area (Å²) < 4.78 is 82.1. The first kappa shape index (κ1) is 64.3. The third-order valence-corrected chi connectivity index (χ3v) is 13.7. The number of aliphatic hydroxyl groups excluding tert-OH is 2. The zero-order chi connectivity index (χ0) is 50.4. The fraction of sp³-hybridized carbons (Fsp3) is 0.951. The first-order chi connectivity index (χ1) is 31.5. The van der Waals surface area contributed by atoms with Gasteiger partial charge >= 0.3 is 43.2 Å². The average molecular weight is 1050 g/mol. The van der Waals surface area contributed by atoms with Crippen LogP contribution in [-0.2, 0) is 59.9 Å². The Balaban J connectivity index is 2.91. The van der Waals surface area contributed by atoms with Crippen molar-refractivity contribution in [1.82, 2.24) is 0 Å². The number of phosphoric acid groups is 4. The Bertz CT molecular complexity index is 1480. The number of aliphatic hydroxyl groups is 2. The molecule has 0 aliphatic heterocycles. The predicted molar refractivity (Wildman–Crippen MR) is 245 cm³/mol. The van der Waals surface area contributed by atoms with E-state index in [-0.39, 0.29) is 12.8 Å². The number of hydrogen-bond acceptors (Lipinski definition) is 15. The van der Waals surface area contributed by atoms with Crippen LogP contribution in [0.15, 0.2) is 0 Å². The van der Waals surface area contributed by atoms with Gasteiger partial charge in [0.2, 0.25) is 0 Å². The summed E-state index contributed by atoms with van der Waals surface area (Å²) in [6.07, 6.45) is 10.4. The van der Waals surface area contributed by atoms with Crippen LogP contribution in [0.1, 0.15) is 194 Å². The van der Waals surface area contributed by atoms with E-state index in [0.717, 1.165) is 64.2 Å². The predicted octanol–water partition coefficient (Wildman–Crippen LogP) is 8.08. The molecule has 0 aromatic carbocycles. The largest absolute Gasteiger partial charge is 0.472 e. The van der Waals surface area contributed by atoms with Crippen molar-refractivity contribution in [3.8, 4) is 0 Å². The molecule has 0 radical (unpaired) electrons. The molecule has 0 bridgehead atoms. The van der Waals surface area contributed by atoms with Gasteiger partial charge in [0.15, 0.2) is 6.10 Å². The number of ether oxygens (including phenoxy) is 2. The minimum Gasteiger partial charge on any atom is -0.462 e. The van der Waals surface area contributed by atoms with E-state index in [1.54, 1.807) is 0 Å². The van der Waals surface area contributed by atoms with Crippen molar-refractivity contribution in [2.75, 3.05) is 13.2 Å². The molecule has 0 spiro atoms. The normalized spacial score (nSPS) is 21.8. The molecular weight excluding hydrogens is 968 g/mol. The Morgan fingerprint density at radius 1 is 0.418 bits per heavy atom. The molecule has 26 heteroatoms. The van der Waals surface area contributed by atoms with Crippen molar-refractivity contribution < 1.29 is 104 Å². The number of rotatable bonds is 42. The lowest BCUT2D eigenvalue weighted by molar-refractivity contribution is -0.209. The van der Waals surface area contributed by atoms with E-state index in [9.17, 15) is 72.3 Å². The van der Waals surface area contributed by atoms with E-state index < -0.39 is 99.2 Å². The molecule has 0 saturated heterocycles. The third kappa shape index (κ3) is 33.6. The Hall–Kier alpha value is -0.700. The topological polar surface area (TPSA) is 349 Å². The van der Waals surface area contributed by atoms with Crippen LogP contribution in [-0.4, -0.2) is 112 Å². The Morgan fingerprint density at radius 2 is 0.731 bits per heavy atom. The molecule has 8 atom stereocenters. The fourth-order valence-corrected chi connectivity index (χ4v) is 10.3. The molecule has 67 heavy (non-hydrogen) atoms. The highest BCUT2D eigenvalue weighted by Gasteiger charge is 2.59. The summed E-state index contributed by atoms with van der Waals surface area (Å²) in [6.45, 7) is 2.75. The summed E-state index contributed by atoms with van der Waals surface area (Å²) in [7, 11) is -23.0. The van der Waals surface area contributed by atoms with E-state index in [0.29, 0.717) is 12.8 Å². The van der Waals surface area contributed by atoms with Gasteiger partial charge in [0.25, 0.3) is 0 Å². The molecule has 1 saturated carbocycles. The molecular formula is C41H82O22P4. The highest BCUT2D eigenvalue weighted by molar-refractivity contribution is 7.47. The monoisotopic (exact) mass is 1050 g/mol. The van der Waals surface area contributed by atoms with Gasteiger partial charge in [-0.1, -0.05) is 168 Å². The summed E-state index contributed by atoms with van der Waals surface area (Å²) in [5, 5.41) is 21.8. The Morgan fingerprint density at radius 3 is 1.07 bits per heavy atom. The van der Waals surface area contributed by atoms with Gasteiger partial charge in [0.05, 0.1) is 6.61 Å². The number of carbonyl (C=O) groups is 2. The van der Waals surface area contributed by atoms with Crippen molar-refractivity contribution in [2.45, 2.75) is 236 Å². The molecule has 9 N–H and O–H groups in total. The van der Waals surface area contributed by atoms with Crippen LogP contribution in [0, 0.1) is 0 Å². The number of carbonyl (C=O) groups excluding carboxylic acids is 2. The number of esters is 2. The number of hydrogen-bond donors (Lipinski definition) is 9. The zero-order valence-corrected chi connectivity index (χ0v) is 43.0. The van der Waals surface area contributed by atoms with Gasteiger partial charge < -0.3 is 53.9 Å². The fourth-order valence-electron chi connectivity index (χ4n) is 7.67. The molecule has 0 amide bonds.